The highest BCUT2D eigenvalue weighted by molar-refractivity contribution is 6.58. The van der Waals surface area contributed by atoms with E-state index in [2.05, 4.69) is 25.1 Å². The minimum Gasteiger partial charge on any atom is -0.423 e. The second kappa shape index (κ2) is 7.65. The van der Waals surface area contributed by atoms with Crippen LogP contribution in [0.4, 0.5) is 0 Å². The van der Waals surface area contributed by atoms with Crippen LogP contribution < -0.4 is 15.9 Å². The van der Waals surface area contributed by atoms with Gasteiger partial charge in [0.05, 0.1) is 0 Å². The second-order valence-electron chi connectivity index (χ2n) is 6.24. The number of benzene rings is 2. The van der Waals surface area contributed by atoms with E-state index in [1.54, 1.807) is 6.07 Å². The summed E-state index contributed by atoms with van der Waals surface area (Å²) in [6, 6.07) is 15.9. The van der Waals surface area contributed by atoms with Gasteiger partial charge in [-0.2, -0.15) is 0 Å². The quantitative estimate of drug-likeness (QED) is 0.830. The van der Waals surface area contributed by atoms with Crippen molar-refractivity contribution in [2.45, 2.75) is 32.6 Å². The Morgan fingerprint density at radius 3 is 2.38 bits per heavy atom. The molecule has 2 aromatic rings. The van der Waals surface area contributed by atoms with E-state index in [1.807, 2.05) is 36.4 Å². The third kappa shape index (κ3) is 3.53. The molecule has 2 nitrogen and oxygen atoms in total. The van der Waals surface area contributed by atoms with Gasteiger partial charge >= 0.3 is 7.12 Å². The van der Waals surface area contributed by atoms with Crippen LogP contribution in [0.3, 0.4) is 0 Å². The van der Waals surface area contributed by atoms with E-state index in [-0.39, 0.29) is 0 Å². The van der Waals surface area contributed by atoms with Crippen molar-refractivity contribution in [1.29, 1.82) is 0 Å². The molecule has 1 aliphatic carbocycles. The van der Waals surface area contributed by atoms with Crippen molar-refractivity contribution in [1.82, 2.24) is 0 Å². The van der Waals surface area contributed by atoms with Crippen LogP contribution >= 0.6 is 0 Å². The molecule has 1 aliphatic rings. The molecule has 0 bridgehead atoms. The van der Waals surface area contributed by atoms with Gasteiger partial charge < -0.3 is 10.0 Å². The Hall–Kier alpha value is -2.10. The van der Waals surface area contributed by atoms with Gasteiger partial charge in [-0.3, -0.25) is 0 Å². The summed E-state index contributed by atoms with van der Waals surface area (Å²) in [5.74, 6) is 0. The molecule has 1 saturated carbocycles. The number of allylic oxidation sites excluding steroid dienone is 2. The molecular weight excluding hydrogens is 295 g/mol. The fourth-order valence-electron chi connectivity index (χ4n) is 3.50. The van der Waals surface area contributed by atoms with Gasteiger partial charge in [-0.15, -0.1) is 0 Å². The number of hydrogen-bond donors (Lipinski definition) is 2. The van der Waals surface area contributed by atoms with E-state index >= 15 is 0 Å². The zero-order valence-corrected chi connectivity index (χ0v) is 14.1. The van der Waals surface area contributed by atoms with Crippen molar-refractivity contribution in [3.05, 3.63) is 76.2 Å². The molecule has 1 fully saturated rings. The number of hydrogen-bond acceptors (Lipinski definition) is 2. The van der Waals surface area contributed by atoms with E-state index in [4.69, 9.17) is 0 Å². The lowest BCUT2D eigenvalue weighted by molar-refractivity contribution is 0.425. The van der Waals surface area contributed by atoms with Gasteiger partial charge in [-0.1, -0.05) is 54.6 Å². The van der Waals surface area contributed by atoms with Crippen molar-refractivity contribution in [3.8, 4) is 0 Å². The van der Waals surface area contributed by atoms with Gasteiger partial charge in [0.1, 0.15) is 0 Å². The maximum atomic E-state index is 9.84. The summed E-state index contributed by atoms with van der Waals surface area (Å²) < 4.78 is 0. The van der Waals surface area contributed by atoms with Crippen molar-refractivity contribution < 1.29 is 10.0 Å². The molecule has 122 valence electrons. The Labute approximate surface area is 143 Å². The molecule has 0 amide bonds. The minimum absolute atomic E-state index is 0.560. The van der Waals surface area contributed by atoms with Gasteiger partial charge in [0.25, 0.3) is 0 Å². The van der Waals surface area contributed by atoms with Crippen LogP contribution in [0.1, 0.15) is 38.2 Å². The Balaban J connectivity index is 2.36. The van der Waals surface area contributed by atoms with Crippen molar-refractivity contribution in [2.24, 2.45) is 0 Å². The fraction of sp³-hybridized carbons (Fsp3) is 0.238. The van der Waals surface area contributed by atoms with Crippen molar-refractivity contribution >= 4 is 24.2 Å². The van der Waals surface area contributed by atoms with Crippen molar-refractivity contribution in [2.75, 3.05) is 0 Å². The lowest BCUT2D eigenvalue weighted by Gasteiger charge is -2.19. The third-order valence-electron chi connectivity index (χ3n) is 4.71. The van der Waals surface area contributed by atoms with E-state index in [9.17, 15) is 10.0 Å². The molecule has 2 N–H and O–H groups in total. The van der Waals surface area contributed by atoms with Gasteiger partial charge in [-0.05, 0) is 71.3 Å². The monoisotopic (exact) mass is 318 g/mol. The molecule has 0 saturated heterocycles. The third-order valence-corrected chi connectivity index (χ3v) is 4.71. The van der Waals surface area contributed by atoms with Crippen LogP contribution in [-0.4, -0.2) is 17.2 Å². The molecule has 0 aliphatic heterocycles. The van der Waals surface area contributed by atoms with Crippen LogP contribution in [0.5, 0.6) is 0 Å². The van der Waals surface area contributed by atoms with Crippen molar-refractivity contribution in [3.63, 3.8) is 0 Å². The van der Waals surface area contributed by atoms with E-state index < -0.39 is 7.12 Å². The number of rotatable bonds is 2. The smallest absolute Gasteiger partial charge is 0.423 e. The topological polar surface area (TPSA) is 40.5 Å². The van der Waals surface area contributed by atoms with Gasteiger partial charge in [0, 0.05) is 0 Å². The first-order valence-corrected chi connectivity index (χ1v) is 8.61. The predicted octanol–water partition coefficient (Wildman–Crippen LogP) is 1.87. The van der Waals surface area contributed by atoms with E-state index in [1.165, 1.54) is 24.0 Å². The van der Waals surface area contributed by atoms with Crippen LogP contribution in [-0.2, 0) is 0 Å². The van der Waals surface area contributed by atoms with Crippen LogP contribution in [0, 0.1) is 0 Å². The SMILES string of the molecule is CC=C1CCCCC1=c1cccc(B(O)O)c1=Cc1ccccc1. The highest BCUT2D eigenvalue weighted by atomic mass is 16.4. The lowest BCUT2D eigenvalue weighted by Crippen LogP contribution is -2.49. The molecule has 3 heteroatoms. The zero-order chi connectivity index (χ0) is 16.9. The summed E-state index contributed by atoms with van der Waals surface area (Å²) in [4.78, 5) is 0. The van der Waals surface area contributed by atoms with E-state index in [0.29, 0.717) is 5.46 Å². The summed E-state index contributed by atoms with van der Waals surface area (Å²) in [6.45, 7) is 2.09. The molecule has 24 heavy (non-hydrogen) atoms. The molecule has 3 rings (SSSR count). The molecule has 2 aromatic carbocycles. The first-order valence-electron chi connectivity index (χ1n) is 8.61. The minimum atomic E-state index is -1.47. The normalized spacial score (nSPS) is 19.6. The Morgan fingerprint density at radius 1 is 0.917 bits per heavy atom. The van der Waals surface area contributed by atoms with Gasteiger partial charge in [0.15, 0.2) is 0 Å². The lowest BCUT2D eigenvalue weighted by atomic mass is 9.77. The van der Waals surface area contributed by atoms with Crippen LogP contribution in [0.15, 0.2) is 60.2 Å². The van der Waals surface area contributed by atoms with Gasteiger partial charge in [0.2, 0.25) is 0 Å². The Kier molecular flexibility index (Phi) is 5.34. The summed E-state index contributed by atoms with van der Waals surface area (Å²) in [5.41, 5.74) is 4.34. The second-order valence-corrected chi connectivity index (χ2v) is 6.24. The molecule has 0 unspecified atom stereocenters. The Bertz CT molecular complexity index is 851. The molecule has 0 atom stereocenters. The average molecular weight is 318 g/mol. The standard InChI is InChI=1S/C21H23BO2/c1-2-17-11-6-7-12-18(17)19-13-8-14-21(22(23)24)20(19)15-16-9-4-3-5-10-16/h2-5,8-10,13-15,23-24H,6-7,11-12H2,1H3. The maximum absolute atomic E-state index is 9.84. The summed E-state index contributed by atoms with van der Waals surface area (Å²) in [7, 11) is -1.47. The largest absolute Gasteiger partial charge is 0.489 e. The Morgan fingerprint density at radius 2 is 1.67 bits per heavy atom. The molecular formula is C21H23BO2. The highest BCUT2D eigenvalue weighted by Gasteiger charge is 2.16. The average Bonchev–Trinajstić information content (AvgIpc) is 2.62. The first-order chi connectivity index (χ1) is 11.7. The summed E-state index contributed by atoms with van der Waals surface area (Å²) >= 11 is 0. The zero-order valence-electron chi connectivity index (χ0n) is 14.1. The fourth-order valence-corrected chi connectivity index (χ4v) is 3.50. The molecule has 0 spiro atoms. The highest BCUT2D eigenvalue weighted by Crippen LogP contribution is 2.28. The summed E-state index contributed by atoms with van der Waals surface area (Å²) in [5, 5.41) is 21.7. The van der Waals surface area contributed by atoms with Crippen LogP contribution in [0.2, 0.25) is 0 Å². The van der Waals surface area contributed by atoms with Crippen LogP contribution in [0.25, 0.3) is 11.6 Å². The maximum Gasteiger partial charge on any atom is 0.489 e. The molecule has 0 radical (unpaired) electrons. The summed E-state index contributed by atoms with van der Waals surface area (Å²) in [6.07, 6.45) is 8.80. The molecule has 0 aromatic heterocycles. The molecule has 0 heterocycles. The predicted molar refractivity (Wildman–Crippen MR) is 101 cm³/mol. The first kappa shape index (κ1) is 16.8. The van der Waals surface area contributed by atoms with E-state index in [0.717, 1.165) is 28.8 Å². The van der Waals surface area contributed by atoms with Gasteiger partial charge in [-0.25, -0.2) is 0 Å².